The van der Waals surface area contributed by atoms with Crippen LogP contribution in [0.1, 0.15) is 66.7 Å². The molecule has 0 fully saturated rings. The fourth-order valence-corrected chi connectivity index (χ4v) is 5.82. The Balaban J connectivity index is 1.54. The molecular formula is C29H29BrO5. The lowest BCUT2D eigenvalue weighted by Crippen LogP contribution is -2.30. The second kappa shape index (κ2) is 9.65. The molecule has 1 heterocycles. The van der Waals surface area contributed by atoms with E-state index in [1.807, 2.05) is 12.1 Å². The molecule has 0 saturated carbocycles. The fourth-order valence-electron chi connectivity index (χ4n) is 5.25. The van der Waals surface area contributed by atoms with E-state index in [4.69, 9.17) is 14.2 Å². The zero-order chi connectivity index (χ0) is 24.7. The number of hydrogen-bond donors (Lipinski definition) is 0. The number of rotatable bonds is 5. The molecule has 0 N–H and O–H groups in total. The average Bonchev–Trinajstić information content (AvgIpc) is 2.84. The highest BCUT2D eigenvalue weighted by molar-refractivity contribution is 9.10. The van der Waals surface area contributed by atoms with Gasteiger partial charge in [0.05, 0.1) is 11.6 Å². The van der Waals surface area contributed by atoms with E-state index in [9.17, 15) is 9.59 Å². The lowest BCUT2D eigenvalue weighted by molar-refractivity contribution is -0.117. The first-order valence-corrected chi connectivity index (χ1v) is 12.9. The number of ether oxygens (including phenoxy) is 3. The van der Waals surface area contributed by atoms with Crippen molar-refractivity contribution in [1.29, 1.82) is 0 Å². The summed E-state index contributed by atoms with van der Waals surface area (Å²) in [6.07, 6.45) is 3.95. The molecular weight excluding hydrogens is 508 g/mol. The second-order valence-electron chi connectivity index (χ2n) is 9.50. The number of carbonyl (C=O) groups excluding carboxylic acids is 2. The van der Waals surface area contributed by atoms with Crippen molar-refractivity contribution in [3.05, 3.63) is 79.7 Å². The molecule has 2 aliphatic carbocycles. The molecule has 0 unspecified atom stereocenters. The van der Waals surface area contributed by atoms with Crippen LogP contribution >= 0.6 is 15.9 Å². The first kappa shape index (κ1) is 23.9. The quantitative estimate of drug-likeness (QED) is 0.421. The van der Waals surface area contributed by atoms with Gasteiger partial charge < -0.3 is 14.2 Å². The van der Waals surface area contributed by atoms with Crippen LogP contribution in [0.5, 0.6) is 11.5 Å². The number of hydrogen-bond acceptors (Lipinski definition) is 5. The van der Waals surface area contributed by atoms with Crippen molar-refractivity contribution in [2.24, 2.45) is 0 Å². The highest BCUT2D eigenvalue weighted by atomic mass is 79.9. The summed E-state index contributed by atoms with van der Waals surface area (Å²) in [5.41, 5.74) is 5.62. The van der Waals surface area contributed by atoms with Crippen molar-refractivity contribution < 1.29 is 23.8 Å². The lowest BCUT2D eigenvalue weighted by atomic mass is 9.73. The van der Waals surface area contributed by atoms with Gasteiger partial charge in [-0.3, -0.25) is 9.59 Å². The summed E-state index contributed by atoms with van der Waals surface area (Å²) in [6.45, 7) is 4.57. The number of carbonyl (C=O) groups is 2. The van der Waals surface area contributed by atoms with Gasteiger partial charge >= 0.3 is 0 Å². The SMILES string of the molecule is COc1cc(C2C3=C(CCCC3=O)OC3=C2C(=O)CCC3)cc(Br)c1OCc1ccc(C)c(C)c1. The molecule has 0 atom stereocenters. The minimum absolute atomic E-state index is 0.0614. The highest BCUT2D eigenvalue weighted by Crippen LogP contribution is 2.50. The third-order valence-corrected chi connectivity index (χ3v) is 7.77. The van der Waals surface area contributed by atoms with Gasteiger partial charge in [-0.1, -0.05) is 18.2 Å². The van der Waals surface area contributed by atoms with Crippen LogP contribution in [0.2, 0.25) is 0 Å². The third-order valence-electron chi connectivity index (χ3n) is 7.18. The topological polar surface area (TPSA) is 61.8 Å². The van der Waals surface area contributed by atoms with E-state index >= 15 is 0 Å². The van der Waals surface area contributed by atoms with E-state index < -0.39 is 5.92 Å². The van der Waals surface area contributed by atoms with Gasteiger partial charge in [0.2, 0.25) is 0 Å². The predicted molar refractivity (Wildman–Crippen MR) is 137 cm³/mol. The minimum Gasteiger partial charge on any atom is -0.493 e. The summed E-state index contributed by atoms with van der Waals surface area (Å²) in [6, 6.07) is 10.1. The Hall–Kier alpha value is -2.86. The van der Waals surface area contributed by atoms with Gasteiger partial charge in [-0.2, -0.15) is 0 Å². The number of ketones is 2. The first-order chi connectivity index (χ1) is 16.9. The third kappa shape index (κ3) is 4.44. The Morgan fingerprint density at radius 1 is 0.914 bits per heavy atom. The van der Waals surface area contributed by atoms with Crippen LogP contribution in [0.3, 0.4) is 0 Å². The van der Waals surface area contributed by atoms with Crippen LogP contribution in [0.15, 0.2) is 57.5 Å². The smallest absolute Gasteiger partial charge is 0.175 e. The molecule has 35 heavy (non-hydrogen) atoms. The molecule has 182 valence electrons. The van der Waals surface area contributed by atoms with Crippen molar-refractivity contribution >= 4 is 27.5 Å². The second-order valence-corrected chi connectivity index (χ2v) is 10.4. The van der Waals surface area contributed by atoms with Gasteiger partial charge in [-0.25, -0.2) is 0 Å². The normalized spacial score (nSPS) is 18.3. The highest BCUT2D eigenvalue weighted by Gasteiger charge is 2.42. The molecule has 0 radical (unpaired) electrons. The summed E-state index contributed by atoms with van der Waals surface area (Å²) in [4.78, 5) is 26.1. The van der Waals surface area contributed by atoms with E-state index in [1.165, 1.54) is 11.1 Å². The number of Topliss-reactive ketones (excluding diaryl/α,β-unsaturated/α-hetero) is 2. The zero-order valence-corrected chi connectivity index (χ0v) is 21.9. The first-order valence-electron chi connectivity index (χ1n) is 12.1. The van der Waals surface area contributed by atoms with Crippen molar-refractivity contribution in [1.82, 2.24) is 0 Å². The molecule has 2 aromatic carbocycles. The maximum atomic E-state index is 13.1. The summed E-state index contributed by atoms with van der Waals surface area (Å²) >= 11 is 3.67. The number of aryl methyl sites for hydroxylation is 2. The van der Waals surface area contributed by atoms with E-state index in [0.717, 1.165) is 52.8 Å². The lowest BCUT2D eigenvalue weighted by Gasteiger charge is -2.36. The van der Waals surface area contributed by atoms with Crippen molar-refractivity contribution in [2.45, 2.75) is 64.9 Å². The molecule has 2 aromatic rings. The number of halogens is 1. The molecule has 0 bridgehead atoms. The Morgan fingerprint density at radius 2 is 1.57 bits per heavy atom. The molecule has 0 saturated heterocycles. The van der Waals surface area contributed by atoms with Crippen LogP contribution in [-0.4, -0.2) is 18.7 Å². The minimum atomic E-state index is -0.437. The molecule has 6 heteroatoms. The van der Waals surface area contributed by atoms with Gasteiger partial charge in [0.15, 0.2) is 23.1 Å². The Morgan fingerprint density at radius 3 is 2.17 bits per heavy atom. The van der Waals surface area contributed by atoms with Gasteiger partial charge in [0.25, 0.3) is 0 Å². The van der Waals surface area contributed by atoms with Crippen molar-refractivity contribution in [2.75, 3.05) is 7.11 Å². The van der Waals surface area contributed by atoms with Crippen LogP contribution < -0.4 is 9.47 Å². The van der Waals surface area contributed by atoms with Gasteiger partial charge in [-0.15, -0.1) is 0 Å². The number of allylic oxidation sites excluding steroid dienone is 4. The number of benzene rings is 2. The Kier molecular flexibility index (Phi) is 6.58. The fraction of sp³-hybridized carbons (Fsp3) is 0.379. The standard InChI is InChI=1S/C29H29BrO5/c1-16-10-11-18(12-17(16)2)15-34-29-20(30)13-19(14-25(29)33-3)26-27-21(31)6-4-8-23(27)35-24-9-5-7-22(32)28(24)26/h10-14,26H,4-9,15H2,1-3H3. The van der Waals surface area contributed by atoms with Crippen molar-refractivity contribution in [3.8, 4) is 11.5 Å². The van der Waals surface area contributed by atoms with E-state index in [0.29, 0.717) is 42.1 Å². The van der Waals surface area contributed by atoms with E-state index in [1.54, 1.807) is 7.11 Å². The molecule has 5 rings (SSSR count). The molecule has 0 spiro atoms. The maximum Gasteiger partial charge on any atom is 0.175 e. The summed E-state index contributed by atoms with van der Waals surface area (Å²) in [7, 11) is 1.60. The van der Waals surface area contributed by atoms with E-state index in [-0.39, 0.29) is 11.6 Å². The molecule has 5 nitrogen and oxygen atoms in total. The van der Waals surface area contributed by atoms with Gasteiger partial charge in [-0.05, 0) is 77.0 Å². The predicted octanol–water partition coefficient (Wildman–Crippen LogP) is 6.78. The molecule has 1 aliphatic heterocycles. The Bertz CT molecular complexity index is 1240. The zero-order valence-electron chi connectivity index (χ0n) is 20.3. The van der Waals surface area contributed by atoms with Gasteiger partial charge in [0, 0.05) is 42.7 Å². The van der Waals surface area contributed by atoms with Crippen LogP contribution in [0, 0.1) is 13.8 Å². The summed E-state index contributed by atoms with van der Waals surface area (Å²) in [5.74, 6) is 2.29. The molecule has 3 aliphatic rings. The molecule has 0 aromatic heterocycles. The van der Waals surface area contributed by atoms with Crippen LogP contribution in [0.4, 0.5) is 0 Å². The number of methoxy groups -OCH3 is 1. The summed E-state index contributed by atoms with van der Waals surface area (Å²) < 4.78 is 18.8. The van der Waals surface area contributed by atoms with Gasteiger partial charge in [0.1, 0.15) is 18.1 Å². The Labute approximate surface area is 214 Å². The van der Waals surface area contributed by atoms with Crippen LogP contribution in [-0.2, 0) is 20.9 Å². The van der Waals surface area contributed by atoms with E-state index in [2.05, 4.69) is 48.0 Å². The average molecular weight is 537 g/mol. The summed E-state index contributed by atoms with van der Waals surface area (Å²) in [5, 5.41) is 0. The molecule has 0 amide bonds. The largest absolute Gasteiger partial charge is 0.493 e. The maximum absolute atomic E-state index is 13.1. The van der Waals surface area contributed by atoms with Crippen molar-refractivity contribution in [3.63, 3.8) is 0 Å². The monoisotopic (exact) mass is 536 g/mol. The van der Waals surface area contributed by atoms with Crippen LogP contribution in [0.25, 0.3) is 0 Å².